The first-order chi connectivity index (χ1) is 9.78. The molecule has 3 rings (SSSR count). The number of hydrogen-bond acceptors (Lipinski definition) is 3. The molecule has 0 radical (unpaired) electrons. The third-order valence-electron chi connectivity index (χ3n) is 3.69. The molecule has 2 aromatic rings. The second-order valence-corrected chi connectivity index (χ2v) is 5.51. The molecule has 1 aromatic heterocycles. The van der Waals surface area contributed by atoms with Crippen molar-refractivity contribution >= 4 is 12.2 Å². The zero-order valence-corrected chi connectivity index (χ0v) is 12.4. The molecule has 4 nitrogen and oxygen atoms in total. The molecule has 0 bridgehead atoms. The number of imidazole rings is 1. The predicted molar refractivity (Wildman–Crippen MR) is 81.9 cm³/mol. The van der Waals surface area contributed by atoms with E-state index in [1.165, 1.54) is 11.3 Å². The Bertz CT molecular complexity index is 647. The minimum absolute atomic E-state index is 0.275. The minimum atomic E-state index is 0.275. The van der Waals surface area contributed by atoms with Crippen molar-refractivity contribution in [3.63, 3.8) is 0 Å². The molecule has 0 amide bonds. The fourth-order valence-electron chi connectivity index (χ4n) is 2.61. The van der Waals surface area contributed by atoms with Crippen LogP contribution in [0.25, 0.3) is 0 Å². The number of aromatic amines is 1. The number of H-pyrrole nitrogens is 1. The molecule has 0 fully saturated rings. The quantitative estimate of drug-likeness (QED) is 0.850. The average molecular weight is 289 g/mol. The van der Waals surface area contributed by atoms with Gasteiger partial charge in [0, 0.05) is 31.3 Å². The fourth-order valence-corrected chi connectivity index (χ4v) is 2.94. The van der Waals surface area contributed by atoms with Gasteiger partial charge in [-0.25, -0.2) is 0 Å². The summed E-state index contributed by atoms with van der Waals surface area (Å²) in [5, 5.41) is 3.15. The number of hydrogen-bond donors (Lipinski definition) is 2. The van der Waals surface area contributed by atoms with Crippen molar-refractivity contribution in [3.8, 4) is 5.75 Å². The van der Waals surface area contributed by atoms with E-state index in [4.69, 9.17) is 17.0 Å². The van der Waals surface area contributed by atoms with Gasteiger partial charge in [0.15, 0.2) is 4.77 Å². The first-order valence-electron chi connectivity index (χ1n) is 6.93. The van der Waals surface area contributed by atoms with Crippen LogP contribution in [0.4, 0.5) is 0 Å². The molecule has 1 atom stereocenters. The van der Waals surface area contributed by atoms with Crippen molar-refractivity contribution in [3.05, 3.63) is 46.5 Å². The lowest BCUT2D eigenvalue weighted by Crippen LogP contribution is -2.24. The van der Waals surface area contributed by atoms with Gasteiger partial charge in [-0.05, 0) is 30.9 Å². The van der Waals surface area contributed by atoms with Gasteiger partial charge in [0.05, 0.1) is 6.04 Å². The minimum Gasteiger partial charge on any atom is -0.491 e. The van der Waals surface area contributed by atoms with E-state index >= 15 is 0 Å². The van der Waals surface area contributed by atoms with Gasteiger partial charge < -0.3 is 19.6 Å². The van der Waals surface area contributed by atoms with E-state index < -0.39 is 0 Å². The summed E-state index contributed by atoms with van der Waals surface area (Å²) in [6.07, 6.45) is 4.05. The van der Waals surface area contributed by atoms with Crippen LogP contribution in [-0.2, 0) is 12.8 Å². The van der Waals surface area contributed by atoms with E-state index in [9.17, 15) is 0 Å². The Morgan fingerprint density at radius 1 is 1.45 bits per heavy atom. The largest absolute Gasteiger partial charge is 0.491 e. The predicted octanol–water partition coefficient (Wildman–Crippen LogP) is 2.48. The van der Waals surface area contributed by atoms with E-state index in [1.807, 2.05) is 19.2 Å². The molecule has 0 saturated carbocycles. The second kappa shape index (κ2) is 5.81. The van der Waals surface area contributed by atoms with Gasteiger partial charge in [0.25, 0.3) is 0 Å². The number of aromatic nitrogens is 2. The summed E-state index contributed by atoms with van der Waals surface area (Å²) < 4.78 is 8.76. The van der Waals surface area contributed by atoms with E-state index in [0.717, 1.165) is 29.9 Å². The van der Waals surface area contributed by atoms with Crippen LogP contribution >= 0.6 is 12.2 Å². The van der Waals surface area contributed by atoms with E-state index in [-0.39, 0.29) is 6.04 Å². The number of ether oxygens (including phenoxy) is 1. The molecular weight excluding hydrogens is 270 g/mol. The fraction of sp³-hybridized carbons (Fsp3) is 0.400. The number of nitrogens with zero attached hydrogens (tertiary/aromatic N) is 1. The summed E-state index contributed by atoms with van der Waals surface area (Å²) >= 11 is 5.43. The van der Waals surface area contributed by atoms with Crippen molar-refractivity contribution in [2.75, 3.05) is 20.2 Å². The normalized spacial score (nSPS) is 17.6. The number of fused-ring (bicyclic) bond motifs is 1. The lowest BCUT2D eigenvalue weighted by atomic mass is 10.0. The Labute approximate surface area is 123 Å². The first-order valence-corrected chi connectivity index (χ1v) is 7.34. The van der Waals surface area contributed by atoms with Crippen LogP contribution in [0.1, 0.15) is 17.3 Å². The van der Waals surface area contributed by atoms with Crippen LogP contribution in [0.2, 0.25) is 0 Å². The number of rotatable bonds is 4. The number of likely N-dealkylation sites (N-methyl/N-ethyl adjacent to an activating group) is 1. The molecule has 20 heavy (non-hydrogen) atoms. The monoisotopic (exact) mass is 289 g/mol. The smallest absolute Gasteiger partial charge is 0.177 e. The Hall–Kier alpha value is -1.59. The van der Waals surface area contributed by atoms with Gasteiger partial charge in [-0.2, -0.15) is 0 Å². The van der Waals surface area contributed by atoms with Gasteiger partial charge >= 0.3 is 0 Å². The standard InChI is InChI=1S/C15H19N3OS/c1-16-7-6-12-9-18(15(20)17-12)13-8-11-4-2-3-5-14(11)19-10-13/h2-5,9,13,16H,6-8,10H2,1H3,(H,17,20)/t13-/m1/s1. The van der Waals surface area contributed by atoms with E-state index in [2.05, 4.69) is 33.2 Å². The zero-order valence-electron chi connectivity index (χ0n) is 11.6. The summed E-state index contributed by atoms with van der Waals surface area (Å²) in [6.45, 7) is 1.62. The molecule has 1 aromatic carbocycles. The second-order valence-electron chi connectivity index (χ2n) is 5.12. The maximum absolute atomic E-state index is 5.84. The van der Waals surface area contributed by atoms with Crippen molar-refractivity contribution in [2.24, 2.45) is 0 Å². The van der Waals surface area contributed by atoms with Gasteiger partial charge in [-0.15, -0.1) is 0 Å². The van der Waals surface area contributed by atoms with Gasteiger partial charge in [-0.3, -0.25) is 0 Å². The van der Waals surface area contributed by atoms with Crippen molar-refractivity contribution < 1.29 is 4.74 Å². The van der Waals surface area contributed by atoms with Crippen LogP contribution in [-0.4, -0.2) is 29.8 Å². The molecular formula is C15H19N3OS. The number of benzene rings is 1. The summed E-state index contributed by atoms with van der Waals surface area (Å²) in [6, 6.07) is 8.49. The highest BCUT2D eigenvalue weighted by Gasteiger charge is 2.21. The molecule has 5 heteroatoms. The Balaban J connectivity index is 1.81. The molecule has 2 heterocycles. The summed E-state index contributed by atoms with van der Waals surface area (Å²) in [5.74, 6) is 1.00. The maximum atomic E-state index is 5.84. The van der Waals surface area contributed by atoms with Crippen LogP contribution in [0.5, 0.6) is 5.75 Å². The lowest BCUT2D eigenvalue weighted by molar-refractivity contribution is 0.223. The SMILES string of the molecule is CNCCc1cn([C@H]2COc3ccccc3C2)c(=S)[nH]1. The summed E-state index contributed by atoms with van der Waals surface area (Å²) in [5.41, 5.74) is 2.42. The zero-order chi connectivity index (χ0) is 13.9. The summed E-state index contributed by atoms with van der Waals surface area (Å²) in [7, 11) is 1.96. The van der Waals surface area contributed by atoms with Crippen LogP contribution in [0, 0.1) is 4.77 Å². The lowest BCUT2D eigenvalue weighted by Gasteiger charge is -2.26. The third kappa shape index (κ3) is 2.64. The highest BCUT2D eigenvalue weighted by Crippen LogP contribution is 2.29. The van der Waals surface area contributed by atoms with Gasteiger partial charge in [0.2, 0.25) is 0 Å². The van der Waals surface area contributed by atoms with Gasteiger partial charge in [-0.1, -0.05) is 18.2 Å². The van der Waals surface area contributed by atoms with E-state index in [1.54, 1.807) is 0 Å². The van der Waals surface area contributed by atoms with Gasteiger partial charge in [0.1, 0.15) is 12.4 Å². The molecule has 0 spiro atoms. The molecule has 1 aliphatic rings. The molecule has 2 N–H and O–H groups in total. The molecule has 106 valence electrons. The summed E-state index contributed by atoms with van der Waals surface area (Å²) in [4.78, 5) is 3.28. The van der Waals surface area contributed by atoms with E-state index in [0.29, 0.717) is 6.61 Å². The maximum Gasteiger partial charge on any atom is 0.177 e. The van der Waals surface area contributed by atoms with Crippen molar-refractivity contribution in [2.45, 2.75) is 18.9 Å². The molecule has 0 unspecified atom stereocenters. The van der Waals surface area contributed by atoms with Crippen LogP contribution in [0.15, 0.2) is 30.5 Å². The Morgan fingerprint density at radius 3 is 3.15 bits per heavy atom. The van der Waals surface area contributed by atoms with Crippen LogP contribution < -0.4 is 10.1 Å². The Kier molecular flexibility index (Phi) is 3.89. The molecule has 1 aliphatic heterocycles. The molecule has 0 aliphatic carbocycles. The molecule has 0 saturated heterocycles. The van der Waals surface area contributed by atoms with Crippen molar-refractivity contribution in [1.29, 1.82) is 0 Å². The highest BCUT2D eigenvalue weighted by molar-refractivity contribution is 7.71. The van der Waals surface area contributed by atoms with Crippen LogP contribution in [0.3, 0.4) is 0 Å². The Morgan fingerprint density at radius 2 is 2.30 bits per heavy atom. The highest BCUT2D eigenvalue weighted by atomic mass is 32.1. The number of para-hydroxylation sites is 1. The van der Waals surface area contributed by atoms with Crippen molar-refractivity contribution in [1.82, 2.24) is 14.9 Å². The first kappa shape index (κ1) is 13.4. The third-order valence-corrected chi connectivity index (χ3v) is 4.01. The average Bonchev–Trinajstić information content (AvgIpc) is 2.85. The topological polar surface area (TPSA) is 42.0 Å². The number of nitrogens with one attached hydrogen (secondary N) is 2.